The van der Waals surface area contributed by atoms with Crippen LogP contribution in [0.1, 0.15) is 11.1 Å². The first-order valence-electron chi connectivity index (χ1n) is 6.24. The predicted molar refractivity (Wildman–Crippen MR) is 76.8 cm³/mol. The number of anilines is 2. The highest BCUT2D eigenvalue weighted by molar-refractivity contribution is 5.51. The van der Waals surface area contributed by atoms with Gasteiger partial charge < -0.3 is 10.6 Å². The third-order valence-corrected chi connectivity index (χ3v) is 3.20. The summed E-state index contributed by atoms with van der Waals surface area (Å²) in [5.74, 6) is 0.695. The monoisotopic (exact) mass is 259 g/mol. The van der Waals surface area contributed by atoms with Crippen molar-refractivity contribution in [2.45, 2.75) is 13.3 Å². The van der Waals surface area contributed by atoms with Gasteiger partial charge in [-0.15, -0.1) is 0 Å². The zero-order valence-electron chi connectivity index (χ0n) is 11.2. The molecule has 0 saturated carbocycles. The number of halogens is 1. The summed E-state index contributed by atoms with van der Waals surface area (Å²) in [6.45, 7) is 2.66. The Morgan fingerprint density at radius 3 is 2.74 bits per heavy atom. The van der Waals surface area contributed by atoms with Crippen molar-refractivity contribution in [3.8, 4) is 0 Å². The number of rotatable bonds is 4. The first kappa shape index (κ1) is 13.3. The van der Waals surface area contributed by atoms with Gasteiger partial charge in [0.15, 0.2) is 0 Å². The average Bonchev–Trinajstić information content (AvgIpc) is 2.40. The number of nitrogens with zero attached hydrogens (tertiary/aromatic N) is 2. The lowest BCUT2D eigenvalue weighted by atomic mass is 10.1. The molecule has 1 aromatic carbocycles. The van der Waals surface area contributed by atoms with Crippen LogP contribution in [-0.4, -0.2) is 18.6 Å². The summed E-state index contributed by atoms with van der Waals surface area (Å²) in [5.41, 5.74) is 8.16. The molecule has 2 N–H and O–H groups in total. The van der Waals surface area contributed by atoms with Crippen LogP contribution in [0.15, 0.2) is 36.5 Å². The van der Waals surface area contributed by atoms with E-state index in [0.29, 0.717) is 18.7 Å². The van der Waals surface area contributed by atoms with Crippen molar-refractivity contribution in [3.63, 3.8) is 0 Å². The molecule has 0 spiro atoms. The zero-order valence-corrected chi connectivity index (χ0v) is 11.2. The first-order valence-corrected chi connectivity index (χ1v) is 6.24. The Bertz CT molecular complexity index is 569. The minimum atomic E-state index is -0.155. The normalized spacial score (nSPS) is 10.5. The van der Waals surface area contributed by atoms with Gasteiger partial charge in [0.2, 0.25) is 0 Å². The number of hydrogen-bond acceptors (Lipinski definition) is 3. The highest BCUT2D eigenvalue weighted by atomic mass is 19.1. The summed E-state index contributed by atoms with van der Waals surface area (Å²) in [4.78, 5) is 6.28. The van der Waals surface area contributed by atoms with Crippen LogP contribution < -0.4 is 10.6 Å². The van der Waals surface area contributed by atoms with Crippen molar-refractivity contribution in [2.24, 2.45) is 0 Å². The van der Waals surface area contributed by atoms with E-state index in [0.717, 1.165) is 16.9 Å². The summed E-state index contributed by atoms with van der Waals surface area (Å²) in [6.07, 6.45) is 2.30. The zero-order chi connectivity index (χ0) is 13.8. The number of likely N-dealkylation sites (N-methyl/N-ethyl adjacent to an activating group) is 1. The van der Waals surface area contributed by atoms with Gasteiger partial charge in [0.1, 0.15) is 11.6 Å². The second kappa shape index (κ2) is 5.69. The smallest absolute Gasteiger partial charge is 0.128 e. The summed E-state index contributed by atoms with van der Waals surface area (Å²) >= 11 is 0. The van der Waals surface area contributed by atoms with Gasteiger partial charge in [0.05, 0.1) is 11.9 Å². The van der Waals surface area contributed by atoms with Crippen molar-refractivity contribution < 1.29 is 4.39 Å². The lowest BCUT2D eigenvalue weighted by Gasteiger charge is -2.19. The number of aryl methyl sites for hydroxylation is 1. The SMILES string of the molecule is Cc1cc(N(C)CCc2ccccc2F)ncc1N. The van der Waals surface area contributed by atoms with Gasteiger partial charge >= 0.3 is 0 Å². The lowest BCUT2D eigenvalue weighted by molar-refractivity contribution is 0.608. The Balaban J connectivity index is 2.03. The summed E-state index contributed by atoms with van der Waals surface area (Å²) < 4.78 is 13.5. The summed E-state index contributed by atoms with van der Waals surface area (Å²) in [5, 5.41) is 0. The molecule has 0 saturated heterocycles. The molecule has 1 heterocycles. The van der Waals surface area contributed by atoms with Crippen LogP contribution in [0.25, 0.3) is 0 Å². The van der Waals surface area contributed by atoms with Crippen molar-refractivity contribution in [2.75, 3.05) is 24.2 Å². The first-order chi connectivity index (χ1) is 9.08. The topological polar surface area (TPSA) is 42.2 Å². The maximum absolute atomic E-state index is 13.5. The van der Waals surface area contributed by atoms with E-state index in [1.807, 2.05) is 37.1 Å². The van der Waals surface area contributed by atoms with Crippen LogP contribution in [0, 0.1) is 12.7 Å². The highest BCUT2D eigenvalue weighted by Gasteiger charge is 2.06. The fraction of sp³-hybridized carbons (Fsp3) is 0.267. The van der Waals surface area contributed by atoms with E-state index < -0.39 is 0 Å². The molecular weight excluding hydrogens is 241 g/mol. The quantitative estimate of drug-likeness (QED) is 0.918. The lowest BCUT2D eigenvalue weighted by Crippen LogP contribution is -2.22. The average molecular weight is 259 g/mol. The van der Waals surface area contributed by atoms with Gasteiger partial charge in [-0.3, -0.25) is 0 Å². The Kier molecular flexibility index (Phi) is 4.00. The molecule has 2 rings (SSSR count). The third kappa shape index (κ3) is 3.22. The Labute approximate surface area is 112 Å². The molecule has 0 atom stereocenters. The van der Waals surface area contributed by atoms with Gasteiger partial charge in [-0.1, -0.05) is 18.2 Å². The largest absolute Gasteiger partial charge is 0.397 e. The number of nitrogens with two attached hydrogens (primary N) is 1. The molecule has 0 amide bonds. The fourth-order valence-corrected chi connectivity index (χ4v) is 1.86. The van der Waals surface area contributed by atoms with E-state index >= 15 is 0 Å². The number of pyridine rings is 1. The predicted octanol–water partition coefficient (Wildman–Crippen LogP) is 2.79. The van der Waals surface area contributed by atoms with Crippen LogP contribution >= 0.6 is 0 Å². The molecular formula is C15H18FN3. The van der Waals surface area contributed by atoms with E-state index in [9.17, 15) is 4.39 Å². The molecule has 0 unspecified atom stereocenters. The van der Waals surface area contributed by atoms with Crippen molar-refractivity contribution >= 4 is 11.5 Å². The van der Waals surface area contributed by atoms with Crippen LogP contribution in [0.4, 0.5) is 15.9 Å². The van der Waals surface area contributed by atoms with Gasteiger partial charge in [-0.25, -0.2) is 9.37 Å². The van der Waals surface area contributed by atoms with Gasteiger partial charge in [0.25, 0.3) is 0 Å². The molecule has 4 heteroatoms. The van der Waals surface area contributed by atoms with Gasteiger partial charge in [0, 0.05) is 13.6 Å². The molecule has 0 aliphatic heterocycles. The third-order valence-electron chi connectivity index (χ3n) is 3.20. The molecule has 0 fully saturated rings. The molecule has 0 aliphatic carbocycles. The standard InChI is InChI=1S/C15H18FN3/c1-11-9-15(18-10-14(11)17)19(2)8-7-12-5-3-4-6-13(12)16/h3-6,9-10H,7-8,17H2,1-2H3. The van der Waals surface area contributed by atoms with Crippen molar-refractivity contribution in [1.29, 1.82) is 0 Å². The van der Waals surface area contributed by atoms with Crippen LogP contribution in [0.3, 0.4) is 0 Å². The van der Waals surface area contributed by atoms with Gasteiger partial charge in [-0.05, 0) is 36.6 Å². The molecule has 0 radical (unpaired) electrons. The van der Waals surface area contributed by atoms with Crippen LogP contribution in [0.2, 0.25) is 0 Å². The Morgan fingerprint density at radius 2 is 2.05 bits per heavy atom. The molecule has 0 aliphatic rings. The van der Waals surface area contributed by atoms with Gasteiger partial charge in [-0.2, -0.15) is 0 Å². The second-order valence-electron chi connectivity index (χ2n) is 4.66. The van der Waals surface area contributed by atoms with E-state index in [1.54, 1.807) is 12.3 Å². The maximum Gasteiger partial charge on any atom is 0.128 e. The minimum Gasteiger partial charge on any atom is -0.397 e. The molecule has 3 nitrogen and oxygen atoms in total. The molecule has 0 bridgehead atoms. The minimum absolute atomic E-state index is 0.155. The Morgan fingerprint density at radius 1 is 1.32 bits per heavy atom. The maximum atomic E-state index is 13.5. The van der Waals surface area contributed by atoms with E-state index in [1.165, 1.54) is 6.07 Å². The number of aromatic nitrogens is 1. The van der Waals surface area contributed by atoms with E-state index in [4.69, 9.17) is 5.73 Å². The molecule has 2 aromatic rings. The molecule has 19 heavy (non-hydrogen) atoms. The van der Waals surface area contributed by atoms with Crippen molar-refractivity contribution in [1.82, 2.24) is 4.98 Å². The molecule has 1 aromatic heterocycles. The highest BCUT2D eigenvalue weighted by Crippen LogP contribution is 2.16. The summed E-state index contributed by atoms with van der Waals surface area (Å²) in [6, 6.07) is 8.79. The molecule has 100 valence electrons. The van der Waals surface area contributed by atoms with Crippen LogP contribution in [0.5, 0.6) is 0 Å². The number of benzene rings is 1. The second-order valence-corrected chi connectivity index (χ2v) is 4.66. The fourth-order valence-electron chi connectivity index (χ4n) is 1.86. The number of hydrogen-bond donors (Lipinski definition) is 1. The van der Waals surface area contributed by atoms with E-state index in [-0.39, 0.29) is 5.82 Å². The number of nitrogen functional groups attached to an aromatic ring is 1. The van der Waals surface area contributed by atoms with Crippen molar-refractivity contribution in [3.05, 3.63) is 53.5 Å². The van der Waals surface area contributed by atoms with Crippen LogP contribution in [-0.2, 0) is 6.42 Å². The Hall–Kier alpha value is -2.10. The summed E-state index contributed by atoms with van der Waals surface area (Å²) in [7, 11) is 1.94. The van der Waals surface area contributed by atoms with E-state index in [2.05, 4.69) is 4.98 Å².